The van der Waals surface area contributed by atoms with Gasteiger partial charge in [0.25, 0.3) is 0 Å². The summed E-state index contributed by atoms with van der Waals surface area (Å²) in [7, 11) is 0. The molecule has 1 aromatic carbocycles. The zero-order chi connectivity index (χ0) is 18.7. The van der Waals surface area contributed by atoms with Gasteiger partial charge in [-0.2, -0.15) is 0 Å². The predicted molar refractivity (Wildman–Crippen MR) is 96.4 cm³/mol. The Balaban J connectivity index is -0.000000595. The monoisotopic (exact) mass is 328 g/mol. The SMILES string of the molecule is CC.CC.CC.O=C(O)/C=C\CCC(O)C(F)c1ccccc1. The van der Waals surface area contributed by atoms with E-state index in [0.29, 0.717) is 12.0 Å². The Morgan fingerprint density at radius 3 is 2.00 bits per heavy atom. The standard InChI is InChI=1S/C13H15FO3.3C2H6/c14-13(10-6-2-1-3-7-10)11(15)8-4-5-9-12(16)17;3*1-2/h1-3,5-7,9,11,13,15H,4,8H2,(H,16,17);3*1-2H3/b9-5-;;;. The first-order valence-electron chi connectivity index (χ1n) is 8.38. The van der Waals surface area contributed by atoms with Crippen LogP contribution in [-0.4, -0.2) is 22.3 Å². The second-order valence-corrected chi connectivity index (χ2v) is 3.70. The Bertz CT molecular complexity index is 377. The van der Waals surface area contributed by atoms with Gasteiger partial charge in [0.15, 0.2) is 6.17 Å². The second kappa shape index (κ2) is 20.3. The van der Waals surface area contributed by atoms with Crippen LogP contribution in [0.1, 0.15) is 66.1 Å². The molecule has 0 heterocycles. The van der Waals surface area contributed by atoms with Crippen LogP contribution in [0.4, 0.5) is 4.39 Å². The summed E-state index contributed by atoms with van der Waals surface area (Å²) in [5, 5.41) is 17.9. The average Bonchev–Trinajstić information content (AvgIpc) is 2.63. The maximum atomic E-state index is 13.7. The van der Waals surface area contributed by atoms with E-state index in [9.17, 15) is 14.3 Å². The molecule has 0 saturated carbocycles. The molecule has 4 heteroatoms. The fourth-order valence-electron chi connectivity index (χ4n) is 1.46. The summed E-state index contributed by atoms with van der Waals surface area (Å²) in [5.74, 6) is -1.04. The van der Waals surface area contributed by atoms with Crippen LogP contribution in [0.25, 0.3) is 0 Å². The molecule has 0 aromatic heterocycles. The van der Waals surface area contributed by atoms with Crippen LogP contribution in [0, 0.1) is 0 Å². The number of carboxylic acid groups (broad SMARTS) is 1. The van der Waals surface area contributed by atoms with Gasteiger partial charge < -0.3 is 10.2 Å². The van der Waals surface area contributed by atoms with Crippen molar-refractivity contribution in [2.75, 3.05) is 0 Å². The van der Waals surface area contributed by atoms with Crippen molar-refractivity contribution in [1.82, 2.24) is 0 Å². The molecule has 1 aromatic rings. The molecule has 0 bridgehead atoms. The van der Waals surface area contributed by atoms with Gasteiger partial charge in [0, 0.05) is 6.08 Å². The largest absolute Gasteiger partial charge is 0.478 e. The molecule has 0 saturated heterocycles. The predicted octanol–water partition coefficient (Wildman–Crippen LogP) is 5.56. The lowest BCUT2D eigenvalue weighted by atomic mass is 10.0. The number of rotatable bonds is 6. The summed E-state index contributed by atoms with van der Waals surface area (Å²) in [5.41, 5.74) is 0.433. The lowest BCUT2D eigenvalue weighted by Gasteiger charge is -2.14. The van der Waals surface area contributed by atoms with Gasteiger partial charge in [-0.25, -0.2) is 9.18 Å². The first-order valence-corrected chi connectivity index (χ1v) is 8.38. The third kappa shape index (κ3) is 15.0. The molecule has 0 spiro atoms. The number of hydrogen-bond donors (Lipinski definition) is 2. The van der Waals surface area contributed by atoms with E-state index in [1.165, 1.54) is 6.08 Å². The van der Waals surface area contributed by atoms with Crippen molar-refractivity contribution in [2.45, 2.75) is 66.7 Å². The normalized spacial score (nSPS) is 11.7. The van der Waals surface area contributed by atoms with Crippen molar-refractivity contribution in [3.8, 4) is 0 Å². The number of aliphatic hydroxyl groups excluding tert-OH is 1. The van der Waals surface area contributed by atoms with Crippen molar-refractivity contribution < 1.29 is 19.4 Å². The van der Waals surface area contributed by atoms with Crippen molar-refractivity contribution in [1.29, 1.82) is 0 Å². The number of carbonyl (C=O) groups is 1. The van der Waals surface area contributed by atoms with Gasteiger partial charge in [-0.3, -0.25) is 0 Å². The third-order valence-corrected chi connectivity index (χ3v) is 2.35. The van der Waals surface area contributed by atoms with Crippen LogP contribution in [0.3, 0.4) is 0 Å². The van der Waals surface area contributed by atoms with Crippen LogP contribution < -0.4 is 0 Å². The van der Waals surface area contributed by atoms with Gasteiger partial charge in [0.1, 0.15) is 0 Å². The minimum atomic E-state index is -1.44. The molecular weight excluding hydrogens is 295 g/mol. The zero-order valence-corrected chi connectivity index (χ0v) is 15.3. The summed E-state index contributed by atoms with van der Waals surface area (Å²) < 4.78 is 13.7. The molecule has 2 N–H and O–H groups in total. The topological polar surface area (TPSA) is 57.5 Å². The highest BCUT2D eigenvalue weighted by Gasteiger charge is 2.19. The van der Waals surface area contributed by atoms with Crippen molar-refractivity contribution >= 4 is 5.97 Å². The number of halogens is 1. The van der Waals surface area contributed by atoms with Crippen molar-refractivity contribution in [3.05, 3.63) is 48.0 Å². The Morgan fingerprint density at radius 1 is 1.09 bits per heavy atom. The highest BCUT2D eigenvalue weighted by Crippen LogP contribution is 2.23. The van der Waals surface area contributed by atoms with E-state index in [4.69, 9.17) is 5.11 Å². The van der Waals surface area contributed by atoms with E-state index >= 15 is 0 Å². The third-order valence-electron chi connectivity index (χ3n) is 2.35. The number of carboxylic acids is 1. The average molecular weight is 328 g/mol. The van der Waals surface area contributed by atoms with Crippen molar-refractivity contribution in [3.63, 3.8) is 0 Å². The summed E-state index contributed by atoms with van der Waals surface area (Å²) in [6, 6.07) is 8.41. The van der Waals surface area contributed by atoms with E-state index in [0.717, 1.165) is 6.08 Å². The molecule has 0 aliphatic carbocycles. The van der Waals surface area contributed by atoms with Crippen LogP contribution in [0.2, 0.25) is 0 Å². The molecule has 0 radical (unpaired) electrons. The van der Waals surface area contributed by atoms with E-state index < -0.39 is 18.2 Å². The number of hydrogen-bond acceptors (Lipinski definition) is 2. The first-order chi connectivity index (χ1) is 11.1. The number of aliphatic hydroxyl groups is 1. The van der Waals surface area contributed by atoms with Crippen LogP contribution in [0.15, 0.2) is 42.5 Å². The smallest absolute Gasteiger partial charge is 0.327 e. The number of allylic oxidation sites excluding steroid dienone is 1. The maximum absolute atomic E-state index is 13.7. The lowest BCUT2D eigenvalue weighted by Crippen LogP contribution is -2.14. The van der Waals surface area contributed by atoms with Crippen molar-refractivity contribution in [2.24, 2.45) is 0 Å². The van der Waals surface area contributed by atoms with E-state index in [1.807, 2.05) is 41.5 Å². The second-order valence-electron chi connectivity index (χ2n) is 3.70. The zero-order valence-electron chi connectivity index (χ0n) is 15.3. The molecule has 1 rings (SSSR count). The molecule has 0 amide bonds. The van der Waals surface area contributed by atoms with E-state index in [-0.39, 0.29) is 6.42 Å². The highest BCUT2D eigenvalue weighted by molar-refractivity contribution is 5.79. The first kappa shape index (κ1) is 26.2. The molecule has 0 aliphatic heterocycles. The molecule has 23 heavy (non-hydrogen) atoms. The van der Waals surface area contributed by atoms with Gasteiger partial charge >= 0.3 is 5.97 Å². The van der Waals surface area contributed by atoms with Crippen LogP contribution in [-0.2, 0) is 4.79 Å². The fraction of sp³-hybridized carbons (Fsp3) is 0.526. The minimum absolute atomic E-state index is 0.194. The summed E-state index contributed by atoms with van der Waals surface area (Å²) in [4.78, 5) is 10.2. The summed E-state index contributed by atoms with van der Waals surface area (Å²) >= 11 is 0. The number of alkyl halides is 1. The maximum Gasteiger partial charge on any atom is 0.327 e. The number of aliphatic carboxylic acids is 1. The quantitative estimate of drug-likeness (QED) is 0.672. The molecule has 2 atom stereocenters. The fourth-order valence-corrected chi connectivity index (χ4v) is 1.46. The lowest BCUT2D eigenvalue weighted by molar-refractivity contribution is -0.131. The van der Waals surface area contributed by atoms with E-state index in [2.05, 4.69) is 0 Å². The summed E-state index contributed by atoms with van der Waals surface area (Å²) in [6.45, 7) is 12.0. The van der Waals surface area contributed by atoms with Gasteiger partial charge in [-0.15, -0.1) is 0 Å². The van der Waals surface area contributed by atoms with Gasteiger partial charge in [0.05, 0.1) is 6.10 Å². The molecular formula is C19H33FO3. The Labute approximate surface area is 140 Å². The Morgan fingerprint density at radius 2 is 1.57 bits per heavy atom. The van der Waals surface area contributed by atoms with Gasteiger partial charge in [-0.05, 0) is 18.4 Å². The molecule has 134 valence electrons. The van der Waals surface area contributed by atoms with E-state index in [1.54, 1.807) is 30.3 Å². The molecule has 2 unspecified atom stereocenters. The van der Waals surface area contributed by atoms with Gasteiger partial charge in [0.2, 0.25) is 0 Å². The minimum Gasteiger partial charge on any atom is -0.478 e. The highest BCUT2D eigenvalue weighted by atomic mass is 19.1. The number of benzene rings is 1. The Kier molecular flexibility index (Phi) is 23.2. The Hall–Kier alpha value is -1.68. The van der Waals surface area contributed by atoms with Gasteiger partial charge in [-0.1, -0.05) is 78.0 Å². The van der Waals surface area contributed by atoms with Crippen LogP contribution >= 0.6 is 0 Å². The molecule has 0 fully saturated rings. The summed E-state index contributed by atoms with van der Waals surface area (Å²) in [6.07, 6.45) is 0.372. The van der Waals surface area contributed by atoms with Crippen LogP contribution in [0.5, 0.6) is 0 Å². The molecule has 0 aliphatic rings. The molecule has 3 nitrogen and oxygen atoms in total.